The van der Waals surface area contributed by atoms with Crippen molar-refractivity contribution >= 4 is 23.3 Å². The van der Waals surface area contributed by atoms with Gasteiger partial charge in [-0.3, -0.25) is 4.79 Å². The second kappa shape index (κ2) is 12.5. The Morgan fingerprint density at radius 1 is 0.861 bits per heavy atom. The molecule has 0 atom stereocenters. The normalized spacial score (nSPS) is 11.3. The van der Waals surface area contributed by atoms with Crippen LogP contribution in [0.3, 0.4) is 0 Å². The average molecular weight is 534 g/mol. The van der Waals surface area contributed by atoms with Crippen molar-refractivity contribution in [3.8, 4) is 5.75 Å². The van der Waals surface area contributed by atoms with Crippen molar-refractivity contribution in [3.63, 3.8) is 0 Å². The third-order valence-corrected chi connectivity index (χ3v) is 5.12. The van der Waals surface area contributed by atoms with Crippen molar-refractivity contribution in [2.75, 3.05) is 19.0 Å². The fourth-order valence-electron chi connectivity index (χ4n) is 2.97. The van der Waals surface area contributed by atoms with Gasteiger partial charge < -0.3 is 15.2 Å². The van der Waals surface area contributed by atoms with Crippen molar-refractivity contribution in [2.45, 2.75) is 25.2 Å². The number of carbonyl (C=O) groups is 1. The lowest BCUT2D eigenvalue weighted by atomic mass is 10.1. The van der Waals surface area contributed by atoms with Crippen molar-refractivity contribution in [1.82, 2.24) is 0 Å². The van der Waals surface area contributed by atoms with E-state index in [0.29, 0.717) is 29.3 Å². The fourth-order valence-corrected chi connectivity index (χ4v) is 3.16. The molecule has 0 saturated carbocycles. The van der Waals surface area contributed by atoms with Crippen molar-refractivity contribution < 1.29 is 41.0 Å². The Morgan fingerprint density at radius 2 is 1.36 bits per heavy atom. The molecule has 0 amide bonds. The van der Waals surface area contributed by atoms with Crippen molar-refractivity contribution in [3.05, 3.63) is 94.0 Å². The van der Waals surface area contributed by atoms with Gasteiger partial charge in [0, 0.05) is 18.3 Å². The number of alkyl halides is 6. The molecule has 0 spiro atoms. The third kappa shape index (κ3) is 9.33. The number of anilines is 1. The summed E-state index contributed by atoms with van der Waals surface area (Å²) in [4.78, 5) is 10.2. The zero-order chi connectivity index (χ0) is 26.9. The molecule has 36 heavy (non-hydrogen) atoms. The number of hydrogen-bond donors (Lipinski definition) is 2. The van der Waals surface area contributed by atoms with Crippen molar-refractivity contribution in [1.29, 1.82) is 0 Å². The van der Waals surface area contributed by atoms with Crippen LogP contribution >= 0.6 is 11.6 Å². The minimum atomic E-state index is -4.37. The van der Waals surface area contributed by atoms with Crippen molar-refractivity contribution in [2.24, 2.45) is 0 Å². The molecular formula is C25H22ClF6NO3. The molecule has 0 fully saturated rings. The van der Waals surface area contributed by atoms with Gasteiger partial charge in [0.25, 0.3) is 0 Å². The molecule has 3 aromatic rings. The van der Waals surface area contributed by atoms with Crippen LogP contribution in [0.5, 0.6) is 5.75 Å². The summed E-state index contributed by atoms with van der Waals surface area (Å²) in [6.07, 6.45) is -8.32. The Balaban J connectivity index is 0.000000281. The van der Waals surface area contributed by atoms with E-state index in [4.69, 9.17) is 21.4 Å². The lowest BCUT2D eigenvalue weighted by molar-refractivity contribution is -0.138. The van der Waals surface area contributed by atoms with Crippen LogP contribution in [0.1, 0.15) is 22.3 Å². The highest BCUT2D eigenvalue weighted by molar-refractivity contribution is 6.32. The smallest absolute Gasteiger partial charge is 0.416 e. The monoisotopic (exact) mass is 533 g/mol. The van der Waals surface area contributed by atoms with E-state index in [1.54, 1.807) is 12.1 Å². The summed E-state index contributed by atoms with van der Waals surface area (Å²) in [7, 11) is 1.53. The van der Waals surface area contributed by atoms with E-state index in [0.717, 1.165) is 47.6 Å². The predicted molar refractivity (Wildman–Crippen MR) is 124 cm³/mol. The lowest BCUT2D eigenvalue weighted by Crippen LogP contribution is -2.07. The van der Waals surface area contributed by atoms with E-state index in [9.17, 15) is 31.1 Å². The van der Waals surface area contributed by atoms with Gasteiger partial charge in [0.05, 0.1) is 29.7 Å². The quantitative estimate of drug-likeness (QED) is 0.312. The van der Waals surface area contributed by atoms with Crippen LogP contribution in [-0.4, -0.2) is 24.7 Å². The van der Waals surface area contributed by atoms with Gasteiger partial charge in [-0.25, -0.2) is 0 Å². The summed E-state index contributed by atoms with van der Waals surface area (Å²) in [6.45, 7) is 0.593. The number of methoxy groups -OCH3 is 1. The minimum absolute atomic E-state index is 0.266. The number of carboxylic acid groups (broad SMARTS) is 1. The molecule has 0 aliphatic carbocycles. The molecular weight excluding hydrogens is 512 g/mol. The highest BCUT2D eigenvalue weighted by atomic mass is 35.5. The van der Waals surface area contributed by atoms with E-state index in [1.807, 2.05) is 6.07 Å². The molecule has 0 radical (unpaired) electrons. The van der Waals surface area contributed by atoms with Gasteiger partial charge in [0.2, 0.25) is 0 Å². The molecule has 11 heteroatoms. The standard InChI is InChI=1S/C16H15ClF3NO.C9H7F3O2/c1-22-15-10-13(6-7-14(15)17)21-9-8-11-2-4-12(5-3-11)16(18,19)20;10-9(11,12)7-3-1-6(2-4-7)5-8(13)14/h2-7,10,21H,8-9H2,1H3;1-4H,5H2,(H,13,14). The minimum Gasteiger partial charge on any atom is -0.495 e. The summed E-state index contributed by atoms with van der Waals surface area (Å²) in [5.41, 5.74) is 0.623. The van der Waals surface area contributed by atoms with Crippen LogP contribution in [0.25, 0.3) is 0 Å². The molecule has 3 rings (SSSR count). The number of rotatable bonds is 7. The molecule has 2 N–H and O–H groups in total. The van der Waals surface area contributed by atoms with Gasteiger partial charge in [-0.15, -0.1) is 0 Å². The maximum Gasteiger partial charge on any atom is 0.416 e. The van der Waals surface area contributed by atoms with Crippen LogP contribution in [-0.2, 0) is 30.0 Å². The maximum absolute atomic E-state index is 12.5. The molecule has 0 aromatic heterocycles. The molecule has 0 bridgehead atoms. The number of nitrogens with one attached hydrogen (secondary N) is 1. The SMILES string of the molecule is COc1cc(NCCc2ccc(C(F)(F)F)cc2)ccc1Cl.O=C(O)Cc1ccc(C(F)(F)F)cc1. The second-order valence-electron chi connectivity index (χ2n) is 7.49. The van der Waals surface area contributed by atoms with Crippen LogP contribution in [0.15, 0.2) is 66.7 Å². The first-order valence-corrected chi connectivity index (χ1v) is 10.8. The Morgan fingerprint density at radius 3 is 1.81 bits per heavy atom. The maximum atomic E-state index is 12.5. The molecule has 0 aliphatic heterocycles. The summed E-state index contributed by atoms with van der Waals surface area (Å²) in [5.74, 6) is -0.494. The first kappa shape index (κ1) is 28.8. The van der Waals surface area contributed by atoms with E-state index < -0.39 is 29.4 Å². The number of ether oxygens (including phenoxy) is 1. The summed E-state index contributed by atoms with van der Waals surface area (Å²) in [5, 5.41) is 12.1. The molecule has 4 nitrogen and oxygen atoms in total. The second-order valence-corrected chi connectivity index (χ2v) is 7.89. The van der Waals surface area contributed by atoms with Crippen LogP contribution in [0.4, 0.5) is 32.0 Å². The molecule has 0 saturated heterocycles. The van der Waals surface area contributed by atoms with Gasteiger partial charge in [-0.05, 0) is 53.9 Å². The third-order valence-electron chi connectivity index (χ3n) is 4.81. The summed E-state index contributed by atoms with van der Waals surface area (Å²) in [6, 6.07) is 14.6. The van der Waals surface area contributed by atoms with Crippen LogP contribution < -0.4 is 10.1 Å². The molecule has 194 valence electrons. The molecule has 0 unspecified atom stereocenters. The topological polar surface area (TPSA) is 58.6 Å². The Hall–Kier alpha value is -3.40. The van der Waals surface area contributed by atoms with E-state index >= 15 is 0 Å². The summed E-state index contributed by atoms with van der Waals surface area (Å²) < 4.78 is 78.7. The first-order valence-electron chi connectivity index (χ1n) is 10.4. The highest BCUT2D eigenvalue weighted by Crippen LogP contribution is 2.30. The number of aliphatic carboxylic acids is 1. The van der Waals surface area contributed by atoms with Crippen LogP contribution in [0.2, 0.25) is 5.02 Å². The van der Waals surface area contributed by atoms with Gasteiger partial charge in [-0.1, -0.05) is 35.9 Å². The Labute approximate surface area is 208 Å². The number of carboxylic acids is 1. The largest absolute Gasteiger partial charge is 0.495 e. The number of halogens is 7. The van der Waals surface area contributed by atoms with Gasteiger partial charge in [0.15, 0.2) is 0 Å². The Kier molecular flexibility index (Phi) is 10.0. The van der Waals surface area contributed by atoms with Gasteiger partial charge in [0.1, 0.15) is 5.75 Å². The fraction of sp³-hybridized carbons (Fsp3) is 0.240. The van der Waals surface area contributed by atoms with Crippen LogP contribution in [0, 0.1) is 0 Å². The zero-order valence-electron chi connectivity index (χ0n) is 18.9. The highest BCUT2D eigenvalue weighted by Gasteiger charge is 2.30. The molecule has 3 aromatic carbocycles. The average Bonchev–Trinajstić information content (AvgIpc) is 2.80. The molecule has 0 aliphatic rings. The van der Waals surface area contributed by atoms with Gasteiger partial charge >= 0.3 is 18.3 Å². The van der Waals surface area contributed by atoms with E-state index in [1.165, 1.54) is 19.2 Å². The number of benzene rings is 3. The van der Waals surface area contributed by atoms with Gasteiger partial charge in [-0.2, -0.15) is 26.3 Å². The predicted octanol–water partition coefficient (Wildman–Crippen LogP) is 7.35. The molecule has 0 heterocycles. The van der Waals surface area contributed by atoms with E-state index in [-0.39, 0.29) is 6.42 Å². The Bertz CT molecular complexity index is 1130. The zero-order valence-corrected chi connectivity index (χ0v) is 19.6. The first-order chi connectivity index (χ1) is 16.8. The lowest BCUT2D eigenvalue weighted by Gasteiger charge is -2.10. The van der Waals surface area contributed by atoms with E-state index in [2.05, 4.69) is 5.32 Å². The number of hydrogen-bond acceptors (Lipinski definition) is 3. The summed E-state index contributed by atoms with van der Waals surface area (Å²) >= 11 is 5.93.